The summed E-state index contributed by atoms with van der Waals surface area (Å²) >= 11 is 0. The van der Waals surface area contributed by atoms with E-state index in [9.17, 15) is 4.79 Å². The first kappa shape index (κ1) is 5.40. The number of rotatable bonds is 0. The van der Waals surface area contributed by atoms with Crippen molar-refractivity contribution in [3.05, 3.63) is 12.2 Å². The second-order valence-corrected chi connectivity index (χ2v) is 2.06. The van der Waals surface area contributed by atoms with Crippen molar-refractivity contribution in [2.75, 3.05) is 6.54 Å². The Morgan fingerprint density at radius 2 is 2.60 bits per heavy atom. The van der Waals surface area contributed by atoms with E-state index in [1.807, 2.05) is 0 Å². The van der Waals surface area contributed by atoms with E-state index in [4.69, 9.17) is 0 Å². The number of hydrogen-bond acceptors (Lipinski definition) is 3. The van der Waals surface area contributed by atoms with Gasteiger partial charge in [-0.3, -0.25) is 4.79 Å². The molecule has 1 aliphatic rings. The molecule has 10 heavy (non-hydrogen) atoms. The van der Waals surface area contributed by atoms with Gasteiger partial charge in [0, 0.05) is 6.54 Å². The smallest absolute Gasteiger partial charge is 0.288 e. The van der Waals surface area contributed by atoms with E-state index >= 15 is 0 Å². The maximum absolute atomic E-state index is 10.9. The molecule has 1 aliphatic heterocycles. The van der Waals surface area contributed by atoms with E-state index in [1.165, 1.54) is 6.33 Å². The first-order valence-electron chi connectivity index (χ1n) is 3.04. The average molecular weight is 138 g/mol. The second-order valence-electron chi connectivity index (χ2n) is 2.06. The van der Waals surface area contributed by atoms with Crippen molar-refractivity contribution in [1.29, 1.82) is 0 Å². The first-order chi connectivity index (χ1) is 4.88. The van der Waals surface area contributed by atoms with E-state index in [2.05, 4.69) is 15.4 Å². The Kier molecular flexibility index (Phi) is 0.969. The lowest BCUT2D eigenvalue weighted by atomic mass is 10.4. The summed E-state index contributed by atoms with van der Waals surface area (Å²) in [7, 11) is 0. The standard InChI is InChI=1S/C5H6N4O/c10-5-4-7-3-8-9(4)2-1-6-5/h3H,1-2H2,(H,6,10). The van der Waals surface area contributed by atoms with Gasteiger partial charge in [-0.15, -0.1) is 0 Å². The molecule has 0 bridgehead atoms. The van der Waals surface area contributed by atoms with Gasteiger partial charge in [-0.1, -0.05) is 0 Å². The molecular weight excluding hydrogens is 132 g/mol. The maximum atomic E-state index is 10.9. The van der Waals surface area contributed by atoms with Crippen LogP contribution in [0.25, 0.3) is 0 Å². The number of amides is 1. The molecular formula is C5H6N4O. The van der Waals surface area contributed by atoms with Gasteiger partial charge in [-0.2, -0.15) is 5.10 Å². The molecule has 5 nitrogen and oxygen atoms in total. The minimum atomic E-state index is -0.135. The third kappa shape index (κ3) is 0.601. The first-order valence-corrected chi connectivity index (χ1v) is 3.04. The predicted molar refractivity (Wildman–Crippen MR) is 32.4 cm³/mol. The zero-order valence-corrected chi connectivity index (χ0v) is 5.24. The summed E-state index contributed by atoms with van der Waals surface area (Å²) in [5.74, 6) is 0.273. The van der Waals surface area contributed by atoms with Gasteiger partial charge in [0.15, 0.2) is 0 Å². The highest BCUT2D eigenvalue weighted by Crippen LogP contribution is 1.97. The monoisotopic (exact) mass is 138 g/mol. The van der Waals surface area contributed by atoms with Crippen LogP contribution in [0.3, 0.4) is 0 Å². The molecule has 2 rings (SSSR count). The zero-order valence-electron chi connectivity index (χ0n) is 5.24. The fraction of sp³-hybridized carbons (Fsp3) is 0.400. The summed E-state index contributed by atoms with van der Waals surface area (Å²) in [5, 5.41) is 6.51. The lowest BCUT2D eigenvalue weighted by Crippen LogP contribution is -2.36. The lowest BCUT2D eigenvalue weighted by molar-refractivity contribution is 0.0918. The molecule has 0 spiro atoms. The molecule has 0 saturated carbocycles. The van der Waals surface area contributed by atoms with E-state index in [1.54, 1.807) is 4.68 Å². The number of nitrogens with zero attached hydrogens (tertiary/aromatic N) is 3. The van der Waals surface area contributed by atoms with Gasteiger partial charge in [-0.05, 0) is 0 Å². The van der Waals surface area contributed by atoms with Crippen LogP contribution < -0.4 is 5.32 Å². The van der Waals surface area contributed by atoms with E-state index in [0.717, 1.165) is 6.54 Å². The molecule has 0 radical (unpaired) electrons. The summed E-state index contributed by atoms with van der Waals surface area (Å²) in [6, 6.07) is 0. The highest BCUT2D eigenvalue weighted by atomic mass is 16.2. The Balaban J connectivity index is 2.50. The number of hydrogen-bond donors (Lipinski definition) is 1. The van der Waals surface area contributed by atoms with Gasteiger partial charge in [0.05, 0.1) is 6.54 Å². The molecule has 1 amide bonds. The molecule has 0 aromatic carbocycles. The fourth-order valence-electron chi connectivity index (χ4n) is 0.958. The van der Waals surface area contributed by atoms with E-state index < -0.39 is 0 Å². The number of carbonyl (C=O) groups is 1. The Bertz CT molecular complexity index is 266. The quantitative estimate of drug-likeness (QED) is 0.501. The molecule has 1 N–H and O–H groups in total. The van der Waals surface area contributed by atoms with Gasteiger partial charge in [0.1, 0.15) is 6.33 Å². The van der Waals surface area contributed by atoms with Crippen LogP contribution in [0.15, 0.2) is 6.33 Å². The van der Waals surface area contributed by atoms with Crippen molar-refractivity contribution in [3.8, 4) is 0 Å². The highest BCUT2D eigenvalue weighted by Gasteiger charge is 2.17. The molecule has 0 fully saturated rings. The van der Waals surface area contributed by atoms with Crippen LogP contribution in [0.1, 0.15) is 10.6 Å². The Morgan fingerprint density at radius 1 is 1.70 bits per heavy atom. The lowest BCUT2D eigenvalue weighted by Gasteiger charge is -2.11. The molecule has 1 aromatic rings. The van der Waals surface area contributed by atoms with Crippen LogP contribution in [-0.2, 0) is 6.54 Å². The van der Waals surface area contributed by atoms with Crippen molar-refractivity contribution in [3.63, 3.8) is 0 Å². The van der Waals surface area contributed by atoms with Gasteiger partial charge in [0.2, 0.25) is 5.82 Å². The van der Waals surface area contributed by atoms with Gasteiger partial charge in [0.25, 0.3) is 5.91 Å². The van der Waals surface area contributed by atoms with Crippen molar-refractivity contribution >= 4 is 5.91 Å². The Morgan fingerprint density at radius 3 is 3.40 bits per heavy atom. The largest absolute Gasteiger partial charge is 0.347 e. The van der Waals surface area contributed by atoms with Crippen molar-refractivity contribution in [2.24, 2.45) is 0 Å². The molecule has 52 valence electrons. The van der Waals surface area contributed by atoms with Gasteiger partial charge >= 0.3 is 0 Å². The summed E-state index contributed by atoms with van der Waals surface area (Å²) < 4.78 is 1.60. The minimum Gasteiger partial charge on any atom is -0.347 e. The summed E-state index contributed by atoms with van der Waals surface area (Å²) in [6.07, 6.45) is 1.39. The van der Waals surface area contributed by atoms with Gasteiger partial charge in [-0.25, -0.2) is 9.67 Å². The number of nitrogens with one attached hydrogen (secondary N) is 1. The van der Waals surface area contributed by atoms with Crippen molar-refractivity contribution < 1.29 is 4.79 Å². The molecule has 0 aliphatic carbocycles. The molecule has 0 saturated heterocycles. The topological polar surface area (TPSA) is 59.8 Å². The highest BCUT2D eigenvalue weighted by molar-refractivity contribution is 5.91. The maximum Gasteiger partial charge on any atom is 0.288 e. The molecule has 0 atom stereocenters. The Labute approximate surface area is 57.1 Å². The van der Waals surface area contributed by atoms with Crippen LogP contribution >= 0.6 is 0 Å². The van der Waals surface area contributed by atoms with Crippen molar-refractivity contribution in [1.82, 2.24) is 20.1 Å². The van der Waals surface area contributed by atoms with E-state index in [0.29, 0.717) is 12.4 Å². The normalized spacial score (nSPS) is 16.2. The second kappa shape index (κ2) is 1.80. The fourth-order valence-corrected chi connectivity index (χ4v) is 0.958. The van der Waals surface area contributed by atoms with E-state index in [-0.39, 0.29) is 5.91 Å². The molecule has 2 heterocycles. The number of aromatic nitrogens is 3. The SMILES string of the molecule is O=C1NCCn2ncnc21. The van der Waals surface area contributed by atoms with Gasteiger partial charge < -0.3 is 5.32 Å². The van der Waals surface area contributed by atoms with Crippen LogP contribution in [-0.4, -0.2) is 27.2 Å². The third-order valence-corrected chi connectivity index (χ3v) is 1.43. The summed E-state index contributed by atoms with van der Waals surface area (Å²) in [4.78, 5) is 14.7. The molecule has 0 unspecified atom stereocenters. The van der Waals surface area contributed by atoms with Crippen LogP contribution in [0.2, 0.25) is 0 Å². The number of fused-ring (bicyclic) bond motifs is 1. The van der Waals surface area contributed by atoms with Crippen LogP contribution in [0.4, 0.5) is 0 Å². The third-order valence-electron chi connectivity index (χ3n) is 1.43. The van der Waals surface area contributed by atoms with Crippen LogP contribution in [0, 0.1) is 0 Å². The summed E-state index contributed by atoms with van der Waals surface area (Å²) in [6.45, 7) is 1.37. The average Bonchev–Trinajstić information content (AvgIpc) is 2.36. The zero-order chi connectivity index (χ0) is 6.97. The van der Waals surface area contributed by atoms with Crippen LogP contribution in [0.5, 0.6) is 0 Å². The Hall–Kier alpha value is -1.39. The molecule has 1 aromatic heterocycles. The summed E-state index contributed by atoms with van der Waals surface area (Å²) in [5.41, 5.74) is 0. The van der Waals surface area contributed by atoms with Crippen molar-refractivity contribution in [2.45, 2.75) is 6.54 Å². The predicted octanol–water partition coefficient (Wildman–Crippen LogP) is -0.979. The molecule has 5 heteroatoms. The number of carbonyl (C=O) groups excluding carboxylic acids is 1. The minimum absolute atomic E-state index is 0.135.